The molecule has 2 aromatic rings. The second-order valence-corrected chi connectivity index (χ2v) is 7.26. The number of carbonyl (C=O) groups excluding carboxylic acids is 1. The van der Waals surface area contributed by atoms with Gasteiger partial charge in [0.05, 0.1) is 31.3 Å². The minimum Gasteiger partial charge on any atom is -0.494 e. The van der Waals surface area contributed by atoms with Gasteiger partial charge in [0.25, 0.3) is 0 Å². The molecule has 2 aromatic carbocycles. The zero-order valence-electron chi connectivity index (χ0n) is 16.1. The number of amides is 1. The van der Waals surface area contributed by atoms with E-state index in [1.165, 1.54) is 5.56 Å². The molecule has 1 N–H and O–H groups in total. The lowest BCUT2D eigenvalue weighted by atomic mass is 10.1. The van der Waals surface area contributed by atoms with Gasteiger partial charge in [0.15, 0.2) is 11.5 Å². The molecule has 5 nitrogen and oxygen atoms in total. The van der Waals surface area contributed by atoms with Crippen molar-refractivity contribution in [3.05, 3.63) is 52.5 Å². The first-order chi connectivity index (χ1) is 13.6. The van der Waals surface area contributed by atoms with Crippen LogP contribution in [0.25, 0.3) is 0 Å². The van der Waals surface area contributed by atoms with Crippen LogP contribution < -0.4 is 19.5 Å². The molecule has 0 bridgehead atoms. The Morgan fingerprint density at radius 3 is 2.75 bits per heavy atom. The van der Waals surface area contributed by atoms with Crippen molar-refractivity contribution < 1.29 is 19.0 Å². The van der Waals surface area contributed by atoms with E-state index >= 15 is 0 Å². The molecule has 0 aromatic heterocycles. The molecule has 3 rings (SSSR count). The highest BCUT2D eigenvalue weighted by Crippen LogP contribution is 2.38. The fourth-order valence-corrected chi connectivity index (χ4v) is 3.20. The lowest BCUT2D eigenvalue weighted by Crippen LogP contribution is -2.26. The van der Waals surface area contributed by atoms with Crippen molar-refractivity contribution in [3.63, 3.8) is 0 Å². The van der Waals surface area contributed by atoms with E-state index < -0.39 is 0 Å². The molecule has 28 heavy (non-hydrogen) atoms. The average Bonchev–Trinajstić information content (AvgIpc) is 2.92. The Hall–Kier alpha value is -2.40. The number of benzene rings is 2. The quantitative estimate of drug-likeness (QED) is 0.666. The van der Waals surface area contributed by atoms with Crippen molar-refractivity contribution in [2.45, 2.75) is 32.6 Å². The van der Waals surface area contributed by atoms with Gasteiger partial charge < -0.3 is 19.5 Å². The number of halogens is 1. The number of rotatable bonds is 8. The van der Waals surface area contributed by atoms with E-state index in [0.717, 1.165) is 30.6 Å². The van der Waals surface area contributed by atoms with Crippen molar-refractivity contribution in [2.24, 2.45) is 0 Å². The van der Waals surface area contributed by atoms with Gasteiger partial charge in [0.1, 0.15) is 5.75 Å². The molecule has 1 amide bonds. The molecule has 0 radical (unpaired) electrons. The third-order valence-electron chi connectivity index (χ3n) is 4.41. The van der Waals surface area contributed by atoms with Crippen molar-refractivity contribution in [1.82, 2.24) is 5.32 Å². The monoisotopic (exact) mass is 403 g/mol. The van der Waals surface area contributed by atoms with Gasteiger partial charge >= 0.3 is 0 Å². The molecule has 1 aliphatic heterocycles. The molecular formula is C22H26ClNO4. The van der Waals surface area contributed by atoms with Gasteiger partial charge in [0.2, 0.25) is 5.91 Å². The maximum absolute atomic E-state index is 12.2. The van der Waals surface area contributed by atoms with E-state index in [2.05, 4.69) is 5.32 Å². The first-order valence-electron chi connectivity index (χ1n) is 9.66. The summed E-state index contributed by atoms with van der Waals surface area (Å²) in [6.07, 6.45) is 2.81. The zero-order valence-corrected chi connectivity index (χ0v) is 16.9. The van der Waals surface area contributed by atoms with Crippen LogP contribution in [0.3, 0.4) is 0 Å². The maximum atomic E-state index is 12.2. The van der Waals surface area contributed by atoms with E-state index in [1.54, 1.807) is 6.07 Å². The lowest BCUT2D eigenvalue weighted by molar-refractivity contribution is -0.120. The first-order valence-corrected chi connectivity index (χ1v) is 10.0. The summed E-state index contributed by atoms with van der Waals surface area (Å²) in [5.74, 6) is 2.02. The number of unbranched alkanes of at least 4 members (excludes halogenated alkanes) is 1. The molecule has 0 aliphatic carbocycles. The summed E-state index contributed by atoms with van der Waals surface area (Å²) in [6.45, 7) is 4.47. The van der Waals surface area contributed by atoms with Crippen LogP contribution in [-0.4, -0.2) is 32.3 Å². The largest absolute Gasteiger partial charge is 0.494 e. The van der Waals surface area contributed by atoms with Crippen LogP contribution in [-0.2, 0) is 11.2 Å². The van der Waals surface area contributed by atoms with Crippen LogP contribution in [0.5, 0.6) is 17.2 Å². The SMILES string of the molecule is Cc1ccc(OCCCCNC(=O)Cc2cc(Cl)c3c(c2)OCCCO3)cc1. The number of nitrogens with one attached hydrogen (secondary N) is 1. The molecule has 0 unspecified atom stereocenters. The molecule has 1 heterocycles. The number of hydrogen-bond donors (Lipinski definition) is 1. The summed E-state index contributed by atoms with van der Waals surface area (Å²) in [4.78, 5) is 12.2. The minimum atomic E-state index is -0.0370. The van der Waals surface area contributed by atoms with Crippen LogP contribution in [0.1, 0.15) is 30.4 Å². The Morgan fingerprint density at radius 2 is 1.93 bits per heavy atom. The maximum Gasteiger partial charge on any atom is 0.224 e. The van der Waals surface area contributed by atoms with E-state index in [1.807, 2.05) is 37.3 Å². The standard InChI is InChI=1S/C22H26ClNO4/c1-16-5-7-18(8-6-16)26-10-3-2-9-24-21(25)15-17-13-19(23)22-20(14-17)27-11-4-12-28-22/h5-8,13-14H,2-4,9-12,15H2,1H3,(H,24,25). The summed E-state index contributed by atoms with van der Waals surface area (Å²) in [5.41, 5.74) is 2.03. The number of carbonyl (C=O) groups is 1. The topological polar surface area (TPSA) is 56.8 Å². The second-order valence-electron chi connectivity index (χ2n) is 6.85. The third kappa shape index (κ3) is 6.06. The number of ether oxygens (including phenoxy) is 3. The van der Waals surface area contributed by atoms with E-state index in [0.29, 0.717) is 42.9 Å². The fraction of sp³-hybridized carbons (Fsp3) is 0.409. The molecule has 1 aliphatic rings. The van der Waals surface area contributed by atoms with E-state index in [-0.39, 0.29) is 12.3 Å². The highest BCUT2D eigenvalue weighted by atomic mass is 35.5. The van der Waals surface area contributed by atoms with Crippen LogP contribution in [0, 0.1) is 6.92 Å². The summed E-state index contributed by atoms with van der Waals surface area (Å²) >= 11 is 6.27. The van der Waals surface area contributed by atoms with Crippen molar-refractivity contribution in [1.29, 1.82) is 0 Å². The molecule has 0 saturated carbocycles. The first kappa shape index (κ1) is 20.3. The van der Waals surface area contributed by atoms with Crippen molar-refractivity contribution in [3.8, 4) is 17.2 Å². The highest BCUT2D eigenvalue weighted by molar-refractivity contribution is 6.32. The summed E-state index contributed by atoms with van der Waals surface area (Å²) < 4.78 is 17.0. The van der Waals surface area contributed by atoms with Gasteiger partial charge in [-0.05, 0) is 49.6 Å². The summed E-state index contributed by atoms with van der Waals surface area (Å²) in [7, 11) is 0. The second kappa shape index (κ2) is 10.2. The minimum absolute atomic E-state index is 0.0370. The van der Waals surface area contributed by atoms with Crippen molar-refractivity contribution in [2.75, 3.05) is 26.4 Å². The van der Waals surface area contributed by atoms with Gasteiger partial charge in [-0.3, -0.25) is 4.79 Å². The van der Waals surface area contributed by atoms with Gasteiger partial charge in [-0.15, -0.1) is 0 Å². The fourth-order valence-electron chi connectivity index (χ4n) is 2.91. The molecule has 150 valence electrons. The molecule has 0 spiro atoms. The zero-order chi connectivity index (χ0) is 19.8. The number of hydrogen-bond acceptors (Lipinski definition) is 4. The van der Waals surface area contributed by atoms with Crippen LogP contribution in [0.15, 0.2) is 36.4 Å². The Morgan fingerprint density at radius 1 is 1.14 bits per heavy atom. The summed E-state index contributed by atoms with van der Waals surface area (Å²) in [5, 5.41) is 3.42. The molecule has 6 heteroatoms. The Kier molecular flexibility index (Phi) is 7.43. The predicted molar refractivity (Wildman–Crippen MR) is 110 cm³/mol. The smallest absolute Gasteiger partial charge is 0.224 e. The third-order valence-corrected chi connectivity index (χ3v) is 4.69. The average molecular weight is 404 g/mol. The molecule has 0 atom stereocenters. The van der Waals surface area contributed by atoms with Crippen molar-refractivity contribution >= 4 is 17.5 Å². The number of fused-ring (bicyclic) bond motifs is 1. The Labute approximate surface area is 170 Å². The van der Waals surface area contributed by atoms with Crippen LogP contribution in [0.2, 0.25) is 5.02 Å². The van der Waals surface area contributed by atoms with E-state index in [9.17, 15) is 4.79 Å². The number of aryl methyl sites for hydroxylation is 1. The Bertz CT molecular complexity index is 792. The normalized spacial score (nSPS) is 12.9. The van der Waals surface area contributed by atoms with Gasteiger partial charge in [0, 0.05) is 13.0 Å². The van der Waals surface area contributed by atoms with E-state index in [4.69, 9.17) is 25.8 Å². The van der Waals surface area contributed by atoms with Crippen LogP contribution in [0.4, 0.5) is 0 Å². The van der Waals surface area contributed by atoms with Gasteiger partial charge in [-0.2, -0.15) is 0 Å². The molecule has 0 saturated heterocycles. The van der Waals surface area contributed by atoms with Gasteiger partial charge in [-0.1, -0.05) is 29.3 Å². The van der Waals surface area contributed by atoms with Crippen LogP contribution >= 0.6 is 11.6 Å². The van der Waals surface area contributed by atoms with Gasteiger partial charge in [-0.25, -0.2) is 0 Å². The molecule has 0 fully saturated rings. The predicted octanol–water partition coefficient (Wildman–Crippen LogP) is 4.33. The lowest BCUT2D eigenvalue weighted by Gasteiger charge is -2.12. The summed E-state index contributed by atoms with van der Waals surface area (Å²) in [6, 6.07) is 11.6. The Balaban J connectivity index is 1.37. The molecular weight excluding hydrogens is 378 g/mol. The highest BCUT2D eigenvalue weighted by Gasteiger charge is 2.16.